The predicted octanol–water partition coefficient (Wildman–Crippen LogP) is 3.60. The highest BCUT2D eigenvalue weighted by Crippen LogP contribution is 2.26. The van der Waals surface area contributed by atoms with E-state index in [0.29, 0.717) is 43.4 Å². The Balaban J connectivity index is 1.38. The van der Waals surface area contributed by atoms with Crippen LogP contribution in [0.4, 0.5) is 11.4 Å². The van der Waals surface area contributed by atoms with Gasteiger partial charge >= 0.3 is 0 Å². The average molecular weight is 496 g/mol. The molecule has 0 spiro atoms. The lowest BCUT2D eigenvalue weighted by atomic mass is 10.2. The van der Waals surface area contributed by atoms with Crippen LogP contribution in [0, 0.1) is 0 Å². The Bertz CT molecular complexity index is 1220. The highest BCUT2D eigenvalue weighted by atomic mass is 32.2. The Morgan fingerprint density at radius 1 is 0.829 bits per heavy atom. The summed E-state index contributed by atoms with van der Waals surface area (Å²) in [5.41, 5.74) is 1.48. The Morgan fingerprint density at radius 2 is 1.40 bits per heavy atom. The number of hydrogen-bond acceptors (Lipinski definition) is 6. The van der Waals surface area contributed by atoms with Gasteiger partial charge in [-0.3, -0.25) is 9.10 Å². The van der Waals surface area contributed by atoms with Crippen LogP contribution in [0.5, 0.6) is 17.2 Å². The monoisotopic (exact) mass is 495 g/mol. The third kappa shape index (κ3) is 6.24. The molecule has 8 nitrogen and oxygen atoms in total. The van der Waals surface area contributed by atoms with E-state index in [4.69, 9.17) is 9.47 Å². The molecule has 184 valence electrons. The molecule has 0 atom stereocenters. The zero-order chi connectivity index (χ0) is 24.8. The summed E-state index contributed by atoms with van der Waals surface area (Å²) in [6.45, 7) is 2.13. The van der Waals surface area contributed by atoms with Crippen LogP contribution in [0.15, 0.2) is 78.9 Å². The number of amides is 1. The van der Waals surface area contributed by atoms with Crippen molar-refractivity contribution in [3.05, 3.63) is 78.9 Å². The third-order valence-corrected chi connectivity index (χ3v) is 6.99. The van der Waals surface area contributed by atoms with Crippen LogP contribution < -0.4 is 18.7 Å². The van der Waals surface area contributed by atoms with E-state index in [0.717, 1.165) is 22.0 Å². The molecule has 35 heavy (non-hydrogen) atoms. The number of carbonyl (C=O) groups excluding carboxylic acids is 1. The lowest BCUT2D eigenvalue weighted by Crippen LogP contribution is -2.52. The number of nitrogens with zero attached hydrogens (tertiary/aromatic N) is 3. The van der Waals surface area contributed by atoms with Crippen LogP contribution in [0.2, 0.25) is 0 Å². The molecular formula is C26H29N3O5S. The minimum Gasteiger partial charge on any atom is -0.497 e. The van der Waals surface area contributed by atoms with Crippen molar-refractivity contribution < 1.29 is 22.7 Å². The molecule has 9 heteroatoms. The van der Waals surface area contributed by atoms with Crippen molar-refractivity contribution in [2.45, 2.75) is 0 Å². The molecule has 4 rings (SSSR count). The van der Waals surface area contributed by atoms with Crippen molar-refractivity contribution in [2.75, 3.05) is 55.3 Å². The smallest absolute Gasteiger partial charge is 0.243 e. The van der Waals surface area contributed by atoms with Gasteiger partial charge in [0.15, 0.2) is 0 Å². The molecule has 1 saturated heterocycles. The minimum atomic E-state index is -3.66. The van der Waals surface area contributed by atoms with E-state index in [1.165, 1.54) is 0 Å². The highest BCUT2D eigenvalue weighted by molar-refractivity contribution is 7.92. The number of ether oxygens (including phenoxy) is 2. The molecule has 0 bridgehead atoms. The summed E-state index contributed by atoms with van der Waals surface area (Å²) in [7, 11) is -2.03. The summed E-state index contributed by atoms with van der Waals surface area (Å²) in [4.78, 5) is 16.9. The quantitative estimate of drug-likeness (QED) is 0.475. The standard InChI is InChI=1S/C26H29N3O5S/c1-33-23-12-8-21(9-13-23)27-16-18-28(19-17-27)26(30)20-29(35(2,31)32)22-10-14-25(15-11-22)34-24-6-4-3-5-7-24/h3-15H,16-20H2,1-2H3. The minimum absolute atomic E-state index is 0.227. The van der Waals surface area contributed by atoms with Gasteiger partial charge in [-0.05, 0) is 60.7 Å². The molecule has 0 saturated carbocycles. The molecule has 3 aromatic rings. The zero-order valence-electron chi connectivity index (χ0n) is 19.8. The van der Waals surface area contributed by atoms with Crippen LogP contribution in [0.3, 0.4) is 0 Å². The topological polar surface area (TPSA) is 79.4 Å². The summed E-state index contributed by atoms with van der Waals surface area (Å²) in [6.07, 6.45) is 1.11. The molecule has 0 aliphatic carbocycles. The number of piperazine rings is 1. The first-order chi connectivity index (χ1) is 16.8. The first-order valence-electron chi connectivity index (χ1n) is 11.3. The number of rotatable bonds is 8. The lowest BCUT2D eigenvalue weighted by Gasteiger charge is -2.37. The van der Waals surface area contributed by atoms with E-state index in [9.17, 15) is 13.2 Å². The van der Waals surface area contributed by atoms with E-state index >= 15 is 0 Å². The second-order valence-electron chi connectivity index (χ2n) is 8.24. The van der Waals surface area contributed by atoms with Gasteiger partial charge in [0.05, 0.1) is 19.1 Å². The summed E-state index contributed by atoms with van der Waals surface area (Å²) in [6, 6.07) is 23.8. The molecule has 0 N–H and O–H groups in total. The number of sulfonamides is 1. The van der Waals surface area contributed by atoms with E-state index in [1.807, 2.05) is 54.6 Å². The average Bonchev–Trinajstić information content (AvgIpc) is 2.88. The normalized spacial score (nSPS) is 13.9. The van der Waals surface area contributed by atoms with Crippen molar-refractivity contribution in [2.24, 2.45) is 0 Å². The zero-order valence-corrected chi connectivity index (χ0v) is 20.6. The van der Waals surface area contributed by atoms with Crippen LogP contribution >= 0.6 is 0 Å². The largest absolute Gasteiger partial charge is 0.497 e. The molecule has 3 aromatic carbocycles. The van der Waals surface area contributed by atoms with Crippen LogP contribution in [0.25, 0.3) is 0 Å². The highest BCUT2D eigenvalue weighted by Gasteiger charge is 2.26. The molecule has 1 aliphatic heterocycles. The van der Waals surface area contributed by atoms with Crippen molar-refractivity contribution in [3.8, 4) is 17.2 Å². The molecular weight excluding hydrogens is 466 g/mol. The molecule has 0 aromatic heterocycles. The van der Waals surface area contributed by atoms with Crippen LogP contribution in [-0.4, -0.2) is 65.3 Å². The van der Waals surface area contributed by atoms with Gasteiger partial charge in [0.1, 0.15) is 23.8 Å². The van der Waals surface area contributed by atoms with Crippen molar-refractivity contribution in [3.63, 3.8) is 0 Å². The third-order valence-electron chi connectivity index (χ3n) is 5.85. The second-order valence-corrected chi connectivity index (χ2v) is 10.2. The molecule has 0 unspecified atom stereocenters. The van der Waals surface area contributed by atoms with Gasteiger partial charge in [-0.25, -0.2) is 8.42 Å². The fourth-order valence-corrected chi connectivity index (χ4v) is 4.78. The maximum Gasteiger partial charge on any atom is 0.243 e. The number of para-hydroxylation sites is 1. The number of benzene rings is 3. The lowest BCUT2D eigenvalue weighted by molar-refractivity contribution is -0.129. The molecule has 0 radical (unpaired) electrons. The Hall–Kier alpha value is -3.72. The van der Waals surface area contributed by atoms with E-state index in [1.54, 1.807) is 36.3 Å². The first kappa shape index (κ1) is 24.4. The fourth-order valence-electron chi connectivity index (χ4n) is 3.94. The van der Waals surface area contributed by atoms with Gasteiger partial charge in [0.25, 0.3) is 0 Å². The van der Waals surface area contributed by atoms with E-state index in [2.05, 4.69) is 4.90 Å². The van der Waals surface area contributed by atoms with Gasteiger partial charge in [-0.2, -0.15) is 0 Å². The number of hydrogen-bond donors (Lipinski definition) is 0. The van der Waals surface area contributed by atoms with Crippen molar-refractivity contribution >= 4 is 27.3 Å². The van der Waals surface area contributed by atoms with Gasteiger partial charge in [-0.15, -0.1) is 0 Å². The van der Waals surface area contributed by atoms with Crippen molar-refractivity contribution in [1.29, 1.82) is 0 Å². The van der Waals surface area contributed by atoms with Crippen LogP contribution in [0.1, 0.15) is 0 Å². The fraction of sp³-hybridized carbons (Fsp3) is 0.269. The summed E-state index contributed by atoms with van der Waals surface area (Å²) < 4.78 is 37.2. The van der Waals surface area contributed by atoms with Gasteiger partial charge in [0, 0.05) is 31.9 Å². The SMILES string of the molecule is COc1ccc(N2CCN(C(=O)CN(c3ccc(Oc4ccccc4)cc3)S(C)(=O)=O)CC2)cc1. The molecule has 1 fully saturated rings. The number of carbonyl (C=O) groups is 1. The maximum atomic E-state index is 13.0. The predicted molar refractivity (Wildman–Crippen MR) is 137 cm³/mol. The van der Waals surface area contributed by atoms with Gasteiger partial charge in [-0.1, -0.05) is 18.2 Å². The van der Waals surface area contributed by atoms with Crippen molar-refractivity contribution in [1.82, 2.24) is 4.90 Å². The summed E-state index contributed by atoms with van der Waals surface area (Å²) >= 11 is 0. The molecule has 1 amide bonds. The second kappa shape index (κ2) is 10.7. The first-order valence-corrected chi connectivity index (χ1v) is 13.2. The Morgan fingerprint density at radius 3 is 1.97 bits per heavy atom. The van der Waals surface area contributed by atoms with Gasteiger partial charge in [0.2, 0.25) is 15.9 Å². The Labute approximate surface area is 206 Å². The number of anilines is 2. The molecule has 1 heterocycles. The Kier molecular flexibility index (Phi) is 7.45. The van der Waals surface area contributed by atoms with Gasteiger partial charge < -0.3 is 19.3 Å². The maximum absolute atomic E-state index is 13.0. The summed E-state index contributed by atoms with van der Waals surface area (Å²) in [5, 5.41) is 0. The number of methoxy groups -OCH3 is 1. The van der Waals surface area contributed by atoms with E-state index < -0.39 is 10.0 Å². The summed E-state index contributed by atoms with van der Waals surface area (Å²) in [5.74, 6) is 1.83. The molecule has 1 aliphatic rings. The van der Waals surface area contributed by atoms with Crippen LogP contribution in [-0.2, 0) is 14.8 Å². The van der Waals surface area contributed by atoms with E-state index in [-0.39, 0.29) is 12.5 Å².